The van der Waals surface area contributed by atoms with Crippen LogP contribution in [0, 0.1) is 0 Å². The van der Waals surface area contributed by atoms with E-state index in [4.69, 9.17) is 0 Å². The number of sulfonamides is 2. The van der Waals surface area contributed by atoms with E-state index in [9.17, 15) is 21.6 Å². The Morgan fingerprint density at radius 3 is 2.38 bits per heavy atom. The summed E-state index contributed by atoms with van der Waals surface area (Å²) >= 11 is 1.15. The molecule has 0 aliphatic carbocycles. The molecule has 0 spiro atoms. The Hall–Kier alpha value is -3.06. The number of benzene rings is 2. The quantitative estimate of drug-likeness (QED) is 0.473. The number of aromatic nitrogens is 1. The average molecular weight is 493 g/mol. The minimum Gasteiger partial charge on any atom is -0.325 e. The first-order valence-corrected chi connectivity index (χ1v) is 13.0. The first-order valence-electron chi connectivity index (χ1n) is 9.17. The second-order valence-electron chi connectivity index (χ2n) is 6.53. The van der Waals surface area contributed by atoms with Crippen molar-refractivity contribution in [3.63, 3.8) is 0 Å². The molecule has 0 radical (unpaired) electrons. The van der Waals surface area contributed by atoms with Gasteiger partial charge >= 0.3 is 0 Å². The summed E-state index contributed by atoms with van der Waals surface area (Å²) in [5.41, 5.74) is 1.04. The van der Waals surface area contributed by atoms with Crippen LogP contribution in [0.3, 0.4) is 0 Å². The van der Waals surface area contributed by atoms with Gasteiger partial charge in [-0.2, -0.15) is 4.31 Å². The lowest BCUT2D eigenvalue weighted by molar-refractivity contribution is -0.116. The molecule has 3 aromatic rings. The van der Waals surface area contributed by atoms with Crippen LogP contribution >= 0.6 is 11.3 Å². The Bertz CT molecular complexity index is 1290. The second-order valence-corrected chi connectivity index (χ2v) is 11.0. The molecule has 0 aliphatic rings. The van der Waals surface area contributed by atoms with Crippen molar-refractivity contribution in [1.29, 1.82) is 0 Å². The SMILES string of the molecule is CN(CC(=O)Nc1ccc(S(=O)(=O)Nc2nccs2)cc1)S(=O)(=O)C=Cc1ccccc1. The van der Waals surface area contributed by atoms with Crippen LogP contribution in [0.5, 0.6) is 0 Å². The third-order valence-corrected chi connectivity index (χ3v) is 7.79. The van der Waals surface area contributed by atoms with Crippen LogP contribution in [0.4, 0.5) is 10.8 Å². The van der Waals surface area contributed by atoms with E-state index in [1.54, 1.807) is 29.6 Å². The highest BCUT2D eigenvalue weighted by Crippen LogP contribution is 2.19. The summed E-state index contributed by atoms with van der Waals surface area (Å²) in [7, 11) is -6.31. The molecule has 2 N–H and O–H groups in total. The Morgan fingerprint density at radius 2 is 1.75 bits per heavy atom. The van der Waals surface area contributed by atoms with Crippen LogP contribution in [-0.4, -0.2) is 45.6 Å². The van der Waals surface area contributed by atoms with Gasteiger partial charge in [0.15, 0.2) is 5.13 Å². The van der Waals surface area contributed by atoms with Gasteiger partial charge in [-0.3, -0.25) is 9.52 Å². The number of amides is 1. The van der Waals surface area contributed by atoms with E-state index >= 15 is 0 Å². The lowest BCUT2D eigenvalue weighted by atomic mass is 10.2. The van der Waals surface area contributed by atoms with Gasteiger partial charge in [-0.15, -0.1) is 11.3 Å². The standard InChI is InChI=1S/C20H20N4O5S3/c1-24(31(26,27)14-11-16-5-3-2-4-6-16)15-19(25)22-17-7-9-18(10-8-17)32(28,29)23-20-21-12-13-30-20/h2-14H,15H2,1H3,(H,21,23)(H,22,25). The summed E-state index contributed by atoms with van der Waals surface area (Å²) in [4.78, 5) is 16.1. The van der Waals surface area contributed by atoms with Gasteiger partial charge in [-0.25, -0.2) is 21.8 Å². The fourth-order valence-electron chi connectivity index (χ4n) is 2.49. The first-order chi connectivity index (χ1) is 15.2. The van der Waals surface area contributed by atoms with E-state index in [0.29, 0.717) is 11.3 Å². The third-order valence-electron chi connectivity index (χ3n) is 4.14. The summed E-state index contributed by atoms with van der Waals surface area (Å²) in [6, 6.07) is 14.4. The highest BCUT2D eigenvalue weighted by molar-refractivity contribution is 7.93. The van der Waals surface area contributed by atoms with Crippen LogP contribution < -0.4 is 10.0 Å². The molecule has 12 heteroatoms. The van der Waals surface area contributed by atoms with E-state index in [-0.39, 0.29) is 10.0 Å². The van der Waals surface area contributed by atoms with Crippen molar-refractivity contribution < 1.29 is 21.6 Å². The van der Waals surface area contributed by atoms with Crippen molar-refractivity contribution >= 4 is 54.2 Å². The maximum Gasteiger partial charge on any atom is 0.263 e. The van der Waals surface area contributed by atoms with Crippen LogP contribution in [0.25, 0.3) is 6.08 Å². The van der Waals surface area contributed by atoms with E-state index in [1.807, 2.05) is 6.07 Å². The fourth-order valence-corrected chi connectivity index (χ4v) is 5.11. The Morgan fingerprint density at radius 1 is 1.06 bits per heavy atom. The molecule has 9 nitrogen and oxygen atoms in total. The second kappa shape index (κ2) is 10.0. The molecule has 0 saturated heterocycles. The molecule has 0 saturated carbocycles. The number of hydrogen-bond acceptors (Lipinski definition) is 7. The Balaban J connectivity index is 1.59. The van der Waals surface area contributed by atoms with Crippen molar-refractivity contribution in [3.8, 4) is 0 Å². The van der Waals surface area contributed by atoms with Gasteiger partial charge < -0.3 is 5.32 Å². The molecule has 0 atom stereocenters. The molecular formula is C20H20N4O5S3. The third kappa shape index (κ3) is 6.47. The summed E-state index contributed by atoms with van der Waals surface area (Å²) in [5, 5.41) is 5.47. The number of anilines is 2. The predicted octanol–water partition coefficient (Wildman–Crippen LogP) is 2.81. The van der Waals surface area contributed by atoms with E-state index < -0.39 is 32.5 Å². The molecule has 1 heterocycles. The van der Waals surface area contributed by atoms with Crippen molar-refractivity contribution in [2.75, 3.05) is 23.6 Å². The summed E-state index contributed by atoms with van der Waals surface area (Å²) in [6.07, 6.45) is 2.93. The molecule has 1 amide bonds. The Kier molecular flexibility index (Phi) is 7.40. The predicted molar refractivity (Wildman–Crippen MR) is 125 cm³/mol. The number of carbonyl (C=O) groups excluding carboxylic acids is 1. The van der Waals surface area contributed by atoms with Gasteiger partial charge in [0.25, 0.3) is 10.0 Å². The molecule has 0 bridgehead atoms. The molecule has 168 valence electrons. The van der Waals surface area contributed by atoms with Crippen LogP contribution in [0.15, 0.2) is 76.5 Å². The number of carbonyl (C=O) groups is 1. The highest BCUT2D eigenvalue weighted by Gasteiger charge is 2.19. The Labute approximate surface area is 190 Å². The van der Waals surface area contributed by atoms with Gasteiger partial charge in [-0.05, 0) is 35.9 Å². The molecule has 3 rings (SSSR count). The zero-order valence-electron chi connectivity index (χ0n) is 16.9. The summed E-state index contributed by atoms with van der Waals surface area (Å²) in [5.74, 6) is -0.569. The zero-order valence-corrected chi connectivity index (χ0v) is 19.3. The average Bonchev–Trinajstić information content (AvgIpc) is 3.25. The van der Waals surface area contributed by atoms with Gasteiger partial charge in [0, 0.05) is 29.7 Å². The highest BCUT2D eigenvalue weighted by atomic mass is 32.2. The van der Waals surface area contributed by atoms with Gasteiger partial charge in [0.05, 0.1) is 11.4 Å². The number of hydrogen-bond donors (Lipinski definition) is 2. The molecule has 0 aliphatic heterocycles. The largest absolute Gasteiger partial charge is 0.325 e. The van der Waals surface area contributed by atoms with Crippen molar-refractivity contribution in [2.24, 2.45) is 0 Å². The number of nitrogens with one attached hydrogen (secondary N) is 2. The normalized spacial score (nSPS) is 12.2. The van der Waals surface area contributed by atoms with Crippen LogP contribution in [0.2, 0.25) is 0 Å². The number of likely N-dealkylation sites (N-methyl/N-ethyl adjacent to an activating group) is 1. The summed E-state index contributed by atoms with van der Waals surface area (Å²) < 4.78 is 52.7. The lowest BCUT2D eigenvalue weighted by Gasteiger charge is -2.14. The molecule has 1 aromatic heterocycles. The maximum absolute atomic E-state index is 12.4. The van der Waals surface area contributed by atoms with Crippen molar-refractivity contribution in [3.05, 3.63) is 77.1 Å². The topological polar surface area (TPSA) is 126 Å². The minimum absolute atomic E-state index is 0.00329. The fraction of sp³-hybridized carbons (Fsp3) is 0.100. The molecule has 0 fully saturated rings. The zero-order chi connectivity index (χ0) is 23.2. The van der Waals surface area contributed by atoms with E-state index in [0.717, 1.165) is 21.1 Å². The monoisotopic (exact) mass is 492 g/mol. The van der Waals surface area contributed by atoms with Gasteiger partial charge in [0.1, 0.15) is 0 Å². The first kappa shape index (κ1) is 23.6. The number of nitrogens with zero attached hydrogens (tertiary/aromatic N) is 2. The molecule has 32 heavy (non-hydrogen) atoms. The van der Waals surface area contributed by atoms with E-state index in [2.05, 4.69) is 15.0 Å². The summed E-state index contributed by atoms with van der Waals surface area (Å²) in [6.45, 7) is -0.410. The van der Waals surface area contributed by atoms with Gasteiger partial charge in [-0.1, -0.05) is 30.3 Å². The smallest absolute Gasteiger partial charge is 0.263 e. The van der Waals surface area contributed by atoms with Crippen molar-refractivity contribution in [1.82, 2.24) is 9.29 Å². The van der Waals surface area contributed by atoms with Gasteiger partial charge in [0.2, 0.25) is 15.9 Å². The van der Waals surface area contributed by atoms with Crippen LogP contribution in [0.1, 0.15) is 5.56 Å². The lowest BCUT2D eigenvalue weighted by Crippen LogP contribution is -2.33. The molecule has 2 aromatic carbocycles. The maximum atomic E-state index is 12.4. The van der Waals surface area contributed by atoms with Crippen LogP contribution in [-0.2, 0) is 24.8 Å². The minimum atomic E-state index is -3.81. The van der Waals surface area contributed by atoms with Crippen molar-refractivity contribution in [2.45, 2.75) is 4.90 Å². The molecular weight excluding hydrogens is 472 g/mol. The van der Waals surface area contributed by atoms with E-state index in [1.165, 1.54) is 43.6 Å². The molecule has 0 unspecified atom stereocenters. The number of thiazole rings is 1. The number of rotatable bonds is 9.